The van der Waals surface area contributed by atoms with Gasteiger partial charge in [0, 0.05) is 25.8 Å². The molecule has 9 heteroatoms. The van der Waals surface area contributed by atoms with Crippen molar-refractivity contribution in [3.63, 3.8) is 0 Å². The largest absolute Gasteiger partial charge is 0.273 e. The highest BCUT2D eigenvalue weighted by molar-refractivity contribution is 9.10. The van der Waals surface area contributed by atoms with Crippen LogP contribution in [0.4, 0.5) is 0 Å². The van der Waals surface area contributed by atoms with Crippen LogP contribution in [0.15, 0.2) is 45.6 Å². The van der Waals surface area contributed by atoms with Crippen molar-refractivity contribution in [3.8, 4) is 9.88 Å². The zero-order valence-electron chi connectivity index (χ0n) is 12.6. The number of hydrazine groups is 1. The fourth-order valence-electron chi connectivity index (χ4n) is 1.94. The van der Waals surface area contributed by atoms with Crippen LogP contribution in [0.25, 0.3) is 9.88 Å². The van der Waals surface area contributed by atoms with Crippen LogP contribution >= 0.6 is 50.2 Å². The average Bonchev–Trinajstić information content (AvgIpc) is 3.22. The monoisotopic (exact) mass is 455 g/mol. The minimum atomic E-state index is -0.410. The molecule has 2 heterocycles. The highest BCUT2D eigenvalue weighted by Crippen LogP contribution is 2.32. The van der Waals surface area contributed by atoms with Crippen molar-refractivity contribution in [2.24, 2.45) is 0 Å². The first-order chi connectivity index (χ1) is 12.0. The van der Waals surface area contributed by atoms with Crippen molar-refractivity contribution < 1.29 is 9.59 Å². The molecular formula is C16H11BrClN3O2S2. The molecule has 5 nitrogen and oxygen atoms in total. The van der Waals surface area contributed by atoms with Crippen molar-refractivity contribution >= 4 is 62.0 Å². The second-order valence-electron chi connectivity index (χ2n) is 4.96. The van der Waals surface area contributed by atoms with Gasteiger partial charge in [0.25, 0.3) is 5.91 Å². The summed E-state index contributed by atoms with van der Waals surface area (Å²) in [7, 11) is 0. The number of carbonyl (C=O) groups is 2. The zero-order chi connectivity index (χ0) is 17.8. The lowest BCUT2D eigenvalue weighted by atomic mass is 10.2. The smallest absolute Gasteiger partial charge is 0.269 e. The number of nitrogens with one attached hydrogen (secondary N) is 2. The van der Waals surface area contributed by atoms with Crippen LogP contribution in [0.5, 0.6) is 0 Å². The summed E-state index contributed by atoms with van der Waals surface area (Å²) >= 11 is 12.2. The van der Waals surface area contributed by atoms with E-state index in [1.165, 1.54) is 11.3 Å². The highest BCUT2D eigenvalue weighted by Gasteiger charge is 2.12. The number of benzene rings is 1. The van der Waals surface area contributed by atoms with Crippen LogP contribution in [-0.4, -0.2) is 16.8 Å². The molecule has 3 rings (SSSR count). The molecule has 2 amide bonds. The number of halogens is 2. The van der Waals surface area contributed by atoms with Gasteiger partial charge >= 0.3 is 0 Å². The van der Waals surface area contributed by atoms with Gasteiger partial charge in [-0.2, -0.15) is 0 Å². The Labute approximate surface area is 165 Å². The first kappa shape index (κ1) is 18.1. The third-order valence-electron chi connectivity index (χ3n) is 3.09. The van der Waals surface area contributed by atoms with E-state index in [1.54, 1.807) is 35.6 Å². The summed E-state index contributed by atoms with van der Waals surface area (Å²) in [6, 6.07) is 8.36. The molecule has 0 saturated carbocycles. The lowest BCUT2D eigenvalue weighted by molar-refractivity contribution is -0.121. The van der Waals surface area contributed by atoms with E-state index in [0.717, 1.165) is 14.4 Å². The quantitative estimate of drug-likeness (QED) is 0.575. The van der Waals surface area contributed by atoms with Crippen molar-refractivity contribution in [1.29, 1.82) is 0 Å². The third kappa shape index (κ3) is 4.88. The summed E-state index contributed by atoms with van der Waals surface area (Å²) in [6.07, 6.45) is 0.0872. The van der Waals surface area contributed by atoms with Crippen LogP contribution in [0.3, 0.4) is 0 Å². The van der Waals surface area contributed by atoms with Gasteiger partial charge in [0.1, 0.15) is 5.01 Å². The number of carbonyl (C=O) groups excluding carboxylic acids is 2. The molecule has 0 spiro atoms. The Bertz CT molecular complexity index is 908. The SMILES string of the molecule is O=C(Cc1csc(-c2cc(Br)cs2)n1)NNC(=O)c1ccc(Cl)cc1. The third-order valence-corrected chi connectivity index (χ3v) is 6.10. The van der Waals surface area contributed by atoms with Crippen LogP contribution in [0.1, 0.15) is 16.1 Å². The van der Waals surface area contributed by atoms with Gasteiger partial charge in [-0.05, 0) is 46.3 Å². The maximum Gasteiger partial charge on any atom is 0.269 e. The van der Waals surface area contributed by atoms with Gasteiger partial charge in [-0.25, -0.2) is 4.98 Å². The summed E-state index contributed by atoms with van der Waals surface area (Å²) in [5.74, 6) is -0.751. The van der Waals surface area contributed by atoms with Gasteiger partial charge in [-0.3, -0.25) is 20.4 Å². The number of thiazole rings is 1. The maximum absolute atomic E-state index is 12.0. The normalized spacial score (nSPS) is 10.5. The van der Waals surface area contributed by atoms with E-state index in [9.17, 15) is 9.59 Å². The molecule has 0 fully saturated rings. The fourth-order valence-corrected chi connectivity index (χ4v) is 4.39. The number of amides is 2. The van der Waals surface area contributed by atoms with Gasteiger partial charge in [-0.15, -0.1) is 22.7 Å². The summed E-state index contributed by atoms with van der Waals surface area (Å²) in [6.45, 7) is 0. The predicted octanol–water partition coefficient (Wildman–Crippen LogP) is 4.29. The van der Waals surface area contributed by atoms with Crippen LogP contribution < -0.4 is 10.9 Å². The Morgan fingerprint density at radius 2 is 1.88 bits per heavy atom. The maximum atomic E-state index is 12.0. The number of hydrogen-bond acceptors (Lipinski definition) is 5. The summed E-state index contributed by atoms with van der Waals surface area (Å²) in [5.41, 5.74) is 5.82. The van der Waals surface area contributed by atoms with Crippen molar-refractivity contribution in [2.45, 2.75) is 6.42 Å². The summed E-state index contributed by atoms with van der Waals surface area (Å²) in [4.78, 5) is 29.4. The number of rotatable bonds is 4. The van der Waals surface area contributed by atoms with Crippen LogP contribution in [-0.2, 0) is 11.2 Å². The molecular weight excluding hydrogens is 446 g/mol. The topological polar surface area (TPSA) is 71.1 Å². The molecule has 25 heavy (non-hydrogen) atoms. The summed E-state index contributed by atoms with van der Waals surface area (Å²) < 4.78 is 1.01. The van der Waals surface area contributed by atoms with E-state index in [0.29, 0.717) is 16.3 Å². The lowest BCUT2D eigenvalue weighted by Gasteiger charge is -2.06. The molecule has 0 aliphatic heterocycles. The molecule has 3 aromatic rings. The van der Waals surface area contributed by atoms with E-state index in [1.807, 2.05) is 16.8 Å². The molecule has 0 unspecified atom stereocenters. The van der Waals surface area contributed by atoms with Gasteiger partial charge in [-0.1, -0.05) is 11.6 Å². The lowest BCUT2D eigenvalue weighted by Crippen LogP contribution is -2.42. The average molecular weight is 457 g/mol. The first-order valence-electron chi connectivity index (χ1n) is 7.05. The molecule has 0 aliphatic rings. The van der Waals surface area contributed by atoms with Gasteiger partial charge < -0.3 is 0 Å². The summed E-state index contributed by atoms with van der Waals surface area (Å²) in [5, 5.41) is 5.22. The van der Waals surface area contributed by atoms with E-state index < -0.39 is 5.91 Å². The minimum absolute atomic E-state index is 0.0872. The van der Waals surface area contributed by atoms with Crippen LogP contribution in [0.2, 0.25) is 5.02 Å². The second kappa shape index (κ2) is 8.09. The van der Waals surface area contributed by atoms with Crippen molar-refractivity contribution in [2.75, 3.05) is 0 Å². The molecule has 2 aromatic heterocycles. The molecule has 0 bridgehead atoms. The molecule has 1 aromatic carbocycles. The number of nitrogens with zero attached hydrogens (tertiary/aromatic N) is 1. The Hall–Kier alpha value is -1.74. The first-order valence-corrected chi connectivity index (χ1v) is 9.98. The van der Waals surface area contributed by atoms with Crippen molar-refractivity contribution in [1.82, 2.24) is 15.8 Å². The molecule has 128 valence electrons. The van der Waals surface area contributed by atoms with Crippen LogP contribution in [0, 0.1) is 0 Å². The molecule has 0 radical (unpaired) electrons. The van der Waals surface area contributed by atoms with E-state index in [2.05, 4.69) is 31.8 Å². The van der Waals surface area contributed by atoms with Crippen molar-refractivity contribution in [3.05, 3.63) is 61.8 Å². The minimum Gasteiger partial charge on any atom is -0.273 e. The second-order valence-corrected chi connectivity index (χ2v) is 8.08. The van der Waals surface area contributed by atoms with Gasteiger partial charge in [0.2, 0.25) is 5.91 Å². The molecule has 0 atom stereocenters. The van der Waals surface area contributed by atoms with E-state index in [-0.39, 0.29) is 12.3 Å². The Morgan fingerprint density at radius 1 is 1.12 bits per heavy atom. The number of thiophene rings is 1. The molecule has 0 saturated heterocycles. The standard InChI is InChI=1S/C16H11BrClN3O2S2/c17-10-5-13(24-7-10)16-19-12(8-25-16)6-14(22)20-21-15(23)9-1-3-11(18)4-2-9/h1-5,7-8H,6H2,(H,20,22)(H,21,23). The number of hydrogen-bond donors (Lipinski definition) is 2. The highest BCUT2D eigenvalue weighted by atomic mass is 79.9. The Kier molecular flexibility index (Phi) is 5.85. The molecule has 2 N–H and O–H groups in total. The fraction of sp³-hybridized carbons (Fsp3) is 0.0625. The number of aromatic nitrogens is 1. The Morgan fingerprint density at radius 3 is 2.56 bits per heavy atom. The van der Waals surface area contributed by atoms with E-state index >= 15 is 0 Å². The van der Waals surface area contributed by atoms with Gasteiger partial charge in [0.05, 0.1) is 17.0 Å². The predicted molar refractivity (Wildman–Crippen MR) is 104 cm³/mol. The molecule has 0 aliphatic carbocycles. The van der Waals surface area contributed by atoms with Gasteiger partial charge in [0.15, 0.2) is 0 Å². The Balaban J connectivity index is 1.53. The van der Waals surface area contributed by atoms with E-state index in [4.69, 9.17) is 11.6 Å². The zero-order valence-corrected chi connectivity index (χ0v) is 16.6.